The molecule has 1 aromatic heterocycles. The summed E-state index contributed by atoms with van der Waals surface area (Å²) >= 11 is 5.84. The van der Waals surface area contributed by atoms with Gasteiger partial charge in [-0.2, -0.15) is 0 Å². The zero-order valence-corrected chi connectivity index (χ0v) is 15.3. The van der Waals surface area contributed by atoms with Crippen molar-refractivity contribution in [3.8, 4) is 0 Å². The van der Waals surface area contributed by atoms with Gasteiger partial charge in [-0.15, -0.1) is 10.2 Å². The van der Waals surface area contributed by atoms with E-state index in [2.05, 4.69) is 21.6 Å². The van der Waals surface area contributed by atoms with E-state index in [1.807, 2.05) is 37.3 Å². The van der Waals surface area contributed by atoms with Crippen LogP contribution in [0.2, 0.25) is 5.02 Å². The first-order valence-corrected chi connectivity index (χ1v) is 8.84. The van der Waals surface area contributed by atoms with Gasteiger partial charge in [-0.3, -0.25) is 4.79 Å². The largest absolute Gasteiger partial charge is 0.425 e. The van der Waals surface area contributed by atoms with Gasteiger partial charge >= 0.3 is 0 Å². The van der Waals surface area contributed by atoms with E-state index >= 15 is 0 Å². The minimum absolute atomic E-state index is 0.0571. The van der Waals surface area contributed by atoms with Crippen LogP contribution in [0.4, 0.5) is 0 Å². The average molecular weight is 370 g/mol. The smallest absolute Gasteiger partial charge is 0.220 e. The van der Waals surface area contributed by atoms with E-state index in [1.165, 1.54) is 5.56 Å². The third kappa shape index (κ3) is 5.43. The summed E-state index contributed by atoms with van der Waals surface area (Å²) < 4.78 is 5.64. The average Bonchev–Trinajstić information content (AvgIpc) is 3.07. The number of amides is 1. The maximum Gasteiger partial charge on any atom is 0.220 e. The highest BCUT2D eigenvalue weighted by atomic mass is 35.5. The molecular weight excluding hydrogens is 350 g/mol. The Morgan fingerprint density at radius 3 is 2.62 bits per heavy atom. The maximum atomic E-state index is 12.0. The summed E-state index contributed by atoms with van der Waals surface area (Å²) in [6, 6.07) is 15.6. The van der Waals surface area contributed by atoms with Gasteiger partial charge in [0, 0.05) is 24.4 Å². The fraction of sp³-hybridized carbons (Fsp3) is 0.250. The van der Waals surface area contributed by atoms with Gasteiger partial charge in [0.1, 0.15) is 0 Å². The Labute approximate surface area is 157 Å². The minimum atomic E-state index is -0.0571. The number of carbonyl (C=O) groups excluding carboxylic acids is 1. The van der Waals surface area contributed by atoms with Crippen molar-refractivity contribution in [1.29, 1.82) is 0 Å². The summed E-state index contributed by atoms with van der Waals surface area (Å²) in [6.07, 6.45) is 1.32. The van der Waals surface area contributed by atoms with Gasteiger partial charge in [-0.1, -0.05) is 53.6 Å². The van der Waals surface area contributed by atoms with Crippen LogP contribution in [0.1, 0.15) is 34.9 Å². The summed E-state index contributed by atoms with van der Waals surface area (Å²) in [5, 5.41) is 11.6. The Kier molecular flexibility index (Phi) is 6.02. The monoisotopic (exact) mass is 369 g/mol. The van der Waals surface area contributed by atoms with E-state index in [9.17, 15) is 4.79 Å². The first-order chi connectivity index (χ1) is 12.6. The van der Waals surface area contributed by atoms with Gasteiger partial charge in [-0.25, -0.2) is 0 Å². The lowest BCUT2D eigenvalue weighted by Crippen LogP contribution is -2.23. The number of nitrogens with one attached hydrogen (secondary N) is 1. The predicted molar refractivity (Wildman–Crippen MR) is 99.9 cm³/mol. The van der Waals surface area contributed by atoms with E-state index in [4.69, 9.17) is 16.0 Å². The zero-order valence-electron chi connectivity index (χ0n) is 14.5. The lowest BCUT2D eigenvalue weighted by atomic mass is 10.1. The van der Waals surface area contributed by atoms with Crippen molar-refractivity contribution in [2.24, 2.45) is 0 Å². The molecular formula is C20H20ClN3O2. The second-order valence-corrected chi connectivity index (χ2v) is 6.60. The highest BCUT2D eigenvalue weighted by Crippen LogP contribution is 2.12. The highest BCUT2D eigenvalue weighted by Gasteiger charge is 2.10. The quantitative estimate of drug-likeness (QED) is 0.686. The van der Waals surface area contributed by atoms with Crippen molar-refractivity contribution in [3.63, 3.8) is 0 Å². The van der Waals surface area contributed by atoms with Gasteiger partial charge in [0.05, 0.1) is 6.42 Å². The fourth-order valence-corrected chi connectivity index (χ4v) is 2.70. The van der Waals surface area contributed by atoms with Crippen LogP contribution in [0.25, 0.3) is 0 Å². The van der Waals surface area contributed by atoms with Gasteiger partial charge in [0.2, 0.25) is 17.7 Å². The fourth-order valence-electron chi connectivity index (χ4n) is 2.57. The molecule has 0 aliphatic heterocycles. The molecule has 0 saturated heterocycles. The Bertz CT molecular complexity index is 875. The van der Waals surface area contributed by atoms with Crippen molar-refractivity contribution in [3.05, 3.63) is 82.0 Å². The first kappa shape index (κ1) is 18.1. The van der Waals surface area contributed by atoms with Crippen LogP contribution in [0.3, 0.4) is 0 Å². The van der Waals surface area contributed by atoms with E-state index in [0.29, 0.717) is 42.6 Å². The molecule has 0 spiro atoms. The van der Waals surface area contributed by atoms with E-state index < -0.39 is 0 Å². The van der Waals surface area contributed by atoms with Crippen molar-refractivity contribution < 1.29 is 9.21 Å². The van der Waals surface area contributed by atoms with Crippen molar-refractivity contribution in [1.82, 2.24) is 15.5 Å². The molecule has 0 saturated carbocycles. The number of aromatic nitrogens is 2. The molecule has 6 heteroatoms. The third-order valence-electron chi connectivity index (χ3n) is 3.92. The molecule has 2 aromatic carbocycles. The molecule has 0 aliphatic carbocycles. The molecule has 3 rings (SSSR count). The Hall–Kier alpha value is -2.66. The van der Waals surface area contributed by atoms with Crippen LogP contribution in [0, 0.1) is 6.92 Å². The molecule has 1 amide bonds. The normalized spacial score (nSPS) is 10.7. The predicted octanol–water partition coefficient (Wildman–Crippen LogP) is 3.87. The second kappa shape index (κ2) is 8.63. The second-order valence-electron chi connectivity index (χ2n) is 6.16. The van der Waals surface area contributed by atoms with Crippen molar-refractivity contribution >= 4 is 17.5 Å². The first-order valence-electron chi connectivity index (χ1n) is 8.46. The Balaban J connectivity index is 1.45. The molecule has 0 atom stereocenters. The van der Waals surface area contributed by atoms with Crippen LogP contribution < -0.4 is 5.32 Å². The van der Waals surface area contributed by atoms with E-state index in [0.717, 1.165) is 11.1 Å². The van der Waals surface area contributed by atoms with Crippen molar-refractivity contribution in [2.75, 3.05) is 0 Å². The summed E-state index contributed by atoms with van der Waals surface area (Å²) in [5.41, 5.74) is 3.32. The summed E-state index contributed by atoms with van der Waals surface area (Å²) in [7, 11) is 0. The van der Waals surface area contributed by atoms with Gasteiger partial charge < -0.3 is 9.73 Å². The molecule has 0 bridgehead atoms. The number of benzene rings is 2. The van der Waals surface area contributed by atoms with E-state index in [1.54, 1.807) is 12.1 Å². The van der Waals surface area contributed by atoms with E-state index in [-0.39, 0.29) is 5.91 Å². The molecule has 0 aliphatic rings. The van der Waals surface area contributed by atoms with Crippen molar-refractivity contribution in [2.45, 2.75) is 32.7 Å². The molecule has 5 nitrogen and oxygen atoms in total. The highest BCUT2D eigenvalue weighted by molar-refractivity contribution is 6.30. The minimum Gasteiger partial charge on any atom is -0.425 e. The van der Waals surface area contributed by atoms with Crippen LogP contribution in [-0.4, -0.2) is 16.1 Å². The lowest BCUT2D eigenvalue weighted by Gasteiger charge is -2.04. The maximum absolute atomic E-state index is 12.0. The van der Waals surface area contributed by atoms with Crippen LogP contribution in [0.15, 0.2) is 52.9 Å². The third-order valence-corrected chi connectivity index (χ3v) is 4.17. The summed E-state index contributed by atoms with van der Waals surface area (Å²) in [4.78, 5) is 12.0. The molecule has 134 valence electrons. The Morgan fingerprint density at radius 1 is 1.08 bits per heavy atom. The number of aryl methyl sites for hydroxylation is 2. The van der Waals surface area contributed by atoms with Gasteiger partial charge in [-0.05, 0) is 30.2 Å². The molecule has 1 heterocycles. The SMILES string of the molecule is Cc1cccc(Cc2nnc(CCC(=O)NCc3ccc(Cl)cc3)o2)c1. The van der Waals surface area contributed by atoms with Gasteiger partial charge in [0.25, 0.3) is 0 Å². The van der Waals surface area contributed by atoms with Crippen LogP contribution >= 0.6 is 11.6 Å². The molecule has 0 unspecified atom stereocenters. The van der Waals surface area contributed by atoms with Crippen LogP contribution in [0.5, 0.6) is 0 Å². The molecule has 1 N–H and O–H groups in total. The van der Waals surface area contributed by atoms with Crippen LogP contribution in [-0.2, 0) is 24.2 Å². The van der Waals surface area contributed by atoms with Gasteiger partial charge in [0.15, 0.2) is 0 Å². The molecule has 3 aromatic rings. The number of hydrogen-bond donors (Lipinski definition) is 1. The molecule has 26 heavy (non-hydrogen) atoms. The standard InChI is InChI=1S/C20H20ClN3O2/c1-14-3-2-4-16(11-14)12-20-24-23-19(26-20)10-9-18(25)22-13-15-5-7-17(21)8-6-15/h2-8,11H,9-10,12-13H2,1H3,(H,22,25). The Morgan fingerprint density at radius 2 is 1.85 bits per heavy atom. The topological polar surface area (TPSA) is 68.0 Å². The summed E-state index contributed by atoms with van der Waals surface area (Å²) in [5.74, 6) is 0.986. The lowest BCUT2D eigenvalue weighted by molar-refractivity contribution is -0.121. The number of hydrogen-bond acceptors (Lipinski definition) is 4. The number of carbonyl (C=O) groups is 1. The zero-order chi connectivity index (χ0) is 18.4. The number of nitrogens with zero attached hydrogens (tertiary/aromatic N) is 2. The molecule has 0 fully saturated rings. The molecule has 0 radical (unpaired) electrons. The number of halogens is 1. The number of rotatable bonds is 7. The summed E-state index contributed by atoms with van der Waals surface area (Å²) in [6.45, 7) is 2.52.